The molecule has 2 aromatic rings. The Balaban J connectivity index is 2.09. The molecule has 98 valence electrons. The number of rotatable bonds is 1. The maximum Gasteiger partial charge on any atom is 0.244 e. The van der Waals surface area contributed by atoms with Crippen molar-refractivity contribution < 1.29 is 4.79 Å². The van der Waals surface area contributed by atoms with E-state index in [0.717, 1.165) is 17.1 Å². The quantitative estimate of drug-likeness (QED) is 0.774. The summed E-state index contributed by atoms with van der Waals surface area (Å²) in [5.41, 5.74) is 9.17. The number of hydrogen-bond donors (Lipinski definition) is 2. The maximum absolute atomic E-state index is 11.8. The van der Waals surface area contributed by atoms with E-state index in [1.54, 1.807) is 18.2 Å². The summed E-state index contributed by atoms with van der Waals surface area (Å²) in [6.07, 6.45) is 0. The predicted molar refractivity (Wildman–Crippen MR) is 77.6 cm³/mol. The standard InChI is InChI=1S/C15H12N4O/c16-8-10-5-6-11(7-12(10)17)19-9-15(20)18-13-3-1-2-4-14(13)19/h1-7H,9,17H2,(H,18,20). The third kappa shape index (κ3) is 1.93. The van der Waals surface area contributed by atoms with Gasteiger partial charge >= 0.3 is 0 Å². The molecule has 0 unspecified atom stereocenters. The van der Waals surface area contributed by atoms with Gasteiger partial charge in [-0.2, -0.15) is 5.26 Å². The second-order valence-electron chi connectivity index (χ2n) is 4.53. The number of nitrogen functional groups attached to an aromatic ring is 1. The minimum absolute atomic E-state index is 0.0772. The average molecular weight is 264 g/mol. The number of fused-ring (bicyclic) bond motifs is 1. The zero-order chi connectivity index (χ0) is 14.1. The van der Waals surface area contributed by atoms with Crippen molar-refractivity contribution in [3.05, 3.63) is 48.0 Å². The number of carbonyl (C=O) groups excluding carboxylic acids is 1. The van der Waals surface area contributed by atoms with Crippen LogP contribution < -0.4 is 16.0 Å². The summed E-state index contributed by atoms with van der Waals surface area (Å²) in [5.74, 6) is -0.0772. The van der Waals surface area contributed by atoms with E-state index in [0.29, 0.717) is 11.3 Å². The zero-order valence-electron chi connectivity index (χ0n) is 10.6. The van der Waals surface area contributed by atoms with Crippen LogP contribution in [0.4, 0.5) is 22.7 Å². The van der Waals surface area contributed by atoms with Gasteiger partial charge in [-0.25, -0.2) is 0 Å². The Labute approximate surface area is 116 Å². The Hall–Kier alpha value is -3.00. The van der Waals surface area contributed by atoms with Gasteiger partial charge in [0.25, 0.3) is 0 Å². The van der Waals surface area contributed by atoms with Crippen molar-refractivity contribution in [3.8, 4) is 6.07 Å². The van der Waals surface area contributed by atoms with E-state index >= 15 is 0 Å². The first kappa shape index (κ1) is 12.1. The number of nitriles is 1. The molecule has 2 aromatic carbocycles. The Morgan fingerprint density at radius 1 is 1.25 bits per heavy atom. The molecule has 3 rings (SSSR count). The smallest absolute Gasteiger partial charge is 0.244 e. The van der Waals surface area contributed by atoms with Crippen molar-refractivity contribution in [2.45, 2.75) is 0 Å². The third-order valence-electron chi connectivity index (χ3n) is 3.24. The molecule has 0 atom stereocenters. The molecule has 0 fully saturated rings. The number of nitrogens with one attached hydrogen (secondary N) is 1. The molecule has 1 aliphatic rings. The third-order valence-corrected chi connectivity index (χ3v) is 3.24. The number of carbonyl (C=O) groups is 1. The predicted octanol–water partition coefficient (Wildman–Crippen LogP) is 2.23. The summed E-state index contributed by atoms with van der Waals surface area (Å²) in [4.78, 5) is 13.7. The largest absolute Gasteiger partial charge is 0.398 e. The van der Waals surface area contributed by atoms with Gasteiger partial charge in [-0.1, -0.05) is 12.1 Å². The lowest BCUT2D eigenvalue weighted by atomic mass is 10.1. The van der Waals surface area contributed by atoms with Crippen LogP contribution in [0.25, 0.3) is 0 Å². The van der Waals surface area contributed by atoms with Gasteiger partial charge in [-0.15, -0.1) is 0 Å². The zero-order valence-corrected chi connectivity index (χ0v) is 10.6. The number of amides is 1. The van der Waals surface area contributed by atoms with Gasteiger partial charge in [0.05, 0.1) is 22.6 Å². The first-order valence-electron chi connectivity index (χ1n) is 6.15. The van der Waals surface area contributed by atoms with Crippen molar-refractivity contribution >= 4 is 28.7 Å². The molecule has 5 heteroatoms. The van der Waals surface area contributed by atoms with E-state index in [2.05, 4.69) is 5.32 Å². The van der Waals surface area contributed by atoms with E-state index in [4.69, 9.17) is 11.0 Å². The van der Waals surface area contributed by atoms with Gasteiger partial charge in [0, 0.05) is 5.69 Å². The average Bonchev–Trinajstić information content (AvgIpc) is 2.46. The minimum atomic E-state index is -0.0772. The first-order chi connectivity index (χ1) is 9.69. The van der Waals surface area contributed by atoms with Crippen LogP contribution in [0.15, 0.2) is 42.5 Å². The van der Waals surface area contributed by atoms with E-state index in [-0.39, 0.29) is 12.5 Å². The van der Waals surface area contributed by atoms with Gasteiger partial charge in [0.15, 0.2) is 0 Å². The normalized spacial score (nSPS) is 13.3. The maximum atomic E-state index is 11.8. The van der Waals surface area contributed by atoms with E-state index in [1.807, 2.05) is 35.2 Å². The van der Waals surface area contributed by atoms with Crippen LogP contribution in [0.1, 0.15) is 5.56 Å². The number of hydrogen-bond acceptors (Lipinski definition) is 4. The molecule has 3 N–H and O–H groups in total. The van der Waals surface area contributed by atoms with Crippen LogP contribution in [-0.4, -0.2) is 12.5 Å². The van der Waals surface area contributed by atoms with Crippen LogP contribution >= 0.6 is 0 Å². The lowest BCUT2D eigenvalue weighted by Gasteiger charge is -2.31. The van der Waals surface area contributed by atoms with Gasteiger partial charge in [0.2, 0.25) is 5.91 Å². The number of nitrogens with two attached hydrogens (primary N) is 1. The minimum Gasteiger partial charge on any atom is -0.398 e. The van der Waals surface area contributed by atoms with Gasteiger partial charge in [0.1, 0.15) is 12.6 Å². The van der Waals surface area contributed by atoms with E-state index in [1.165, 1.54) is 0 Å². The Kier molecular flexibility index (Phi) is 2.77. The van der Waals surface area contributed by atoms with Crippen molar-refractivity contribution in [3.63, 3.8) is 0 Å². The van der Waals surface area contributed by atoms with Crippen LogP contribution in [0.2, 0.25) is 0 Å². The molecular formula is C15H12N4O. The highest BCUT2D eigenvalue weighted by molar-refractivity contribution is 6.03. The molecule has 0 aromatic heterocycles. The fourth-order valence-corrected chi connectivity index (χ4v) is 2.28. The fraction of sp³-hybridized carbons (Fsp3) is 0.0667. The molecule has 1 amide bonds. The molecule has 1 aliphatic heterocycles. The van der Waals surface area contributed by atoms with Crippen LogP contribution in [-0.2, 0) is 4.79 Å². The molecule has 0 bridgehead atoms. The summed E-state index contributed by atoms with van der Waals surface area (Å²) in [5, 5.41) is 11.7. The molecule has 1 heterocycles. The van der Waals surface area contributed by atoms with Gasteiger partial charge in [-0.3, -0.25) is 4.79 Å². The Bertz CT molecular complexity index is 733. The number of benzene rings is 2. The highest BCUT2D eigenvalue weighted by Gasteiger charge is 2.22. The number of anilines is 4. The Morgan fingerprint density at radius 3 is 2.80 bits per heavy atom. The molecule has 0 radical (unpaired) electrons. The molecule has 0 spiro atoms. The highest BCUT2D eigenvalue weighted by Crippen LogP contribution is 2.35. The molecule has 0 saturated carbocycles. The summed E-state index contributed by atoms with van der Waals surface area (Å²) < 4.78 is 0. The highest BCUT2D eigenvalue weighted by atomic mass is 16.2. The van der Waals surface area contributed by atoms with Crippen molar-refractivity contribution in [1.82, 2.24) is 0 Å². The summed E-state index contributed by atoms with van der Waals surface area (Å²) >= 11 is 0. The Morgan fingerprint density at radius 2 is 2.05 bits per heavy atom. The molecular weight excluding hydrogens is 252 g/mol. The summed E-state index contributed by atoms with van der Waals surface area (Å²) in [6, 6.07) is 14.8. The fourth-order valence-electron chi connectivity index (χ4n) is 2.28. The SMILES string of the molecule is N#Cc1ccc(N2CC(=O)Nc3ccccc32)cc1N. The molecule has 20 heavy (non-hydrogen) atoms. The molecule has 0 aliphatic carbocycles. The summed E-state index contributed by atoms with van der Waals surface area (Å²) in [7, 11) is 0. The number of para-hydroxylation sites is 2. The van der Waals surface area contributed by atoms with E-state index in [9.17, 15) is 4.79 Å². The first-order valence-corrected chi connectivity index (χ1v) is 6.15. The lowest BCUT2D eigenvalue weighted by Crippen LogP contribution is -2.35. The van der Waals surface area contributed by atoms with Crippen molar-refractivity contribution in [2.24, 2.45) is 0 Å². The van der Waals surface area contributed by atoms with Gasteiger partial charge in [-0.05, 0) is 30.3 Å². The van der Waals surface area contributed by atoms with Crippen LogP contribution in [0.5, 0.6) is 0 Å². The summed E-state index contributed by atoms with van der Waals surface area (Å²) in [6.45, 7) is 0.225. The molecule has 0 saturated heterocycles. The van der Waals surface area contributed by atoms with Crippen molar-refractivity contribution in [1.29, 1.82) is 5.26 Å². The second kappa shape index (κ2) is 4.59. The number of nitrogens with zero attached hydrogens (tertiary/aromatic N) is 2. The lowest BCUT2D eigenvalue weighted by molar-refractivity contribution is -0.115. The van der Waals surface area contributed by atoms with Gasteiger partial charge < -0.3 is 16.0 Å². The molecule has 5 nitrogen and oxygen atoms in total. The van der Waals surface area contributed by atoms with E-state index < -0.39 is 0 Å². The van der Waals surface area contributed by atoms with Crippen LogP contribution in [0.3, 0.4) is 0 Å². The van der Waals surface area contributed by atoms with Crippen molar-refractivity contribution in [2.75, 3.05) is 22.5 Å². The van der Waals surface area contributed by atoms with Crippen LogP contribution in [0, 0.1) is 11.3 Å². The second-order valence-corrected chi connectivity index (χ2v) is 4.53. The monoisotopic (exact) mass is 264 g/mol. The topological polar surface area (TPSA) is 82.2 Å².